The summed E-state index contributed by atoms with van der Waals surface area (Å²) < 4.78 is 12.2. The van der Waals surface area contributed by atoms with E-state index in [4.69, 9.17) is 9.31 Å². The van der Waals surface area contributed by atoms with Crippen molar-refractivity contribution in [1.82, 2.24) is 0 Å². The van der Waals surface area contributed by atoms with Crippen LogP contribution in [0.3, 0.4) is 0 Å². The van der Waals surface area contributed by atoms with Gasteiger partial charge in [-0.3, -0.25) is 0 Å². The minimum absolute atomic E-state index is 0.295. The van der Waals surface area contributed by atoms with Crippen LogP contribution < -0.4 is 5.46 Å². The first kappa shape index (κ1) is 16.3. The lowest BCUT2D eigenvalue weighted by molar-refractivity contribution is 0.00578. The molecule has 0 bridgehead atoms. The predicted octanol–water partition coefficient (Wildman–Crippen LogP) is 4.22. The first-order chi connectivity index (χ1) is 10.8. The minimum Gasteiger partial charge on any atom is -0.399 e. The number of hydrogen-bond acceptors (Lipinski definition) is 2. The molecule has 0 amide bonds. The summed E-state index contributed by atoms with van der Waals surface area (Å²) in [4.78, 5) is 0. The standard InChI is InChI=1S/C20H25BO2/c1-6-15-7-9-16(10-8-15)17-11-13-18(14-12-17)21-22-19(2,3)20(4,5)23-21/h7-14H,6H2,1-5H3. The average molecular weight is 308 g/mol. The summed E-state index contributed by atoms with van der Waals surface area (Å²) >= 11 is 0. The van der Waals surface area contributed by atoms with Gasteiger partial charge in [-0.1, -0.05) is 55.5 Å². The molecule has 3 heteroatoms. The quantitative estimate of drug-likeness (QED) is 0.791. The molecule has 0 saturated carbocycles. The summed E-state index contributed by atoms with van der Waals surface area (Å²) in [6.07, 6.45) is 1.07. The molecule has 1 saturated heterocycles. The summed E-state index contributed by atoms with van der Waals surface area (Å²) in [6.45, 7) is 10.5. The van der Waals surface area contributed by atoms with Gasteiger partial charge in [0.15, 0.2) is 0 Å². The van der Waals surface area contributed by atoms with E-state index in [-0.39, 0.29) is 18.3 Å². The molecule has 1 aliphatic heterocycles. The largest absolute Gasteiger partial charge is 0.494 e. The Labute approximate surface area is 140 Å². The molecule has 0 radical (unpaired) electrons. The van der Waals surface area contributed by atoms with Crippen molar-refractivity contribution in [2.24, 2.45) is 0 Å². The van der Waals surface area contributed by atoms with Crippen molar-refractivity contribution in [3.8, 4) is 11.1 Å². The SMILES string of the molecule is CCc1ccc(-c2ccc(B3OC(C)(C)C(C)(C)O3)cc2)cc1. The highest BCUT2D eigenvalue weighted by Gasteiger charge is 2.51. The van der Waals surface area contributed by atoms with Crippen molar-refractivity contribution in [2.45, 2.75) is 52.2 Å². The molecule has 0 aliphatic carbocycles. The molecule has 1 fully saturated rings. The minimum atomic E-state index is -0.299. The third-order valence-corrected chi connectivity index (χ3v) is 5.13. The van der Waals surface area contributed by atoms with E-state index < -0.39 is 0 Å². The van der Waals surface area contributed by atoms with Crippen LogP contribution in [0.1, 0.15) is 40.2 Å². The van der Waals surface area contributed by atoms with Crippen LogP contribution in [0.4, 0.5) is 0 Å². The Bertz CT molecular complexity index is 656. The Hall–Kier alpha value is -1.58. The molecule has 0 atom stereocenters. The fourth-order valence-corrected chi connectivity index (χ4v) is 2.74. The number of rotatable bonds is 3. The first-order valence-corrected chi connectivity index (χ1v) is 8.37. The lowest BCUT2D eigenvalue weighted by atomic mass is 9.78. The zero-order valence-corrected chi connectivity index (χ0v) is 14.7. The number of benzene rings is 2. The molecular weight excluding hydrogens is 283 g/mol. The van der Waals surface area contributed by atoms with Gasteiger partial charge in [-0.2, -0.15) is 0 Å². The fraction of sp³-hybridized carbons (Fsp3) is 0.400. The van der Waals surface area contributed by atoms with Crippen LogP contribution in [-0.4, -0.2) is 18.3 Å². The molecule has 2 nitrogen and oxygen atoms in total. The van der Waals surface area contributed by atoms with Gasteiger partial charge < -0.3 is 9.31 Å². The smallest absolute Gasteiger partial charge is 0.399 e. The van der Waals surface area contributed by atoms with Gasteiger partial charge >= 0.3 is 7.12 Å². The molecule has 1 aliphatic rings. The lowest BCUT2D eigenvalue weighted by Crippen LogP contribution is -2.41. The van der Waals surface area contributed by atoms with Crippen LogP contribution >= 0.6 is 0 Å². The normalized spacial score (nSPS) is 19.1. The van der Waals surface area contributed by atoms with E-state index in [0.29, 0.717) is 0 Å². The maximum Gasteiger partial charge on any atom is 0.494 e. The zero-order chi connectivity index (χ0) is 16.7. The van der Waals surface area contributed by atoms with Gasteiger partial charge in [0.05, 0.1) is 11.2 Å². The maximum absolute atomic E-state index is 6.10. The number of hydrogen-bond donors (Lipinski definition) is 0. The van der Waals surface area contributed by atoms with E-state index in [1.165, 1.54) is 16.7 Å². The summed E-state index contributed by atoms with van der Waals surface area (Å²) in [5, 5.41) is 0. The van der Waals surface area contributed by atoms with Gasteiger partial charge in [-0.25, -0.2) is 0 Å². The summed E-state index contributed by atoms with van der Waals surface area (Å²) in [7, 11) is -0.295. The van der Waals surface area contributed by atoms with Crippen molar-refractivity contribution >= 4 is 12.6 Å². The van der Waals surface area contributed by atoms with Gasteiger partial charge in [-0.15, -0.1) is 0 Å². The fourth-order valence-electron chi connectivity index (χ4n) is 2.74. The molecular formula is C20H25BO2. The third kappa shape index (κ3) is 3.08. The number of aryl methyl sites for hydroxylation is 1. The van der Waals surface area contributed by atoms with E-state index in [1.807, 2.05) is 0 Å². The molecule has 0 unspecified atom stereocenters. The van der Waals surface area contributed by atoms with Crippen LogP contribution in [0.15, 0.2) is 48.5 Å². The van der Waals surface area contributed by atoms with Crippen molar-refractivity contribution in [1.29, 1.82) is 0 Å². The predicted molar refractivity (Wildman–Crippen MR) is 97.0 cm³/mol. The zero-order valence-electron chi connectivity index (χ0n) is 14.7. The van der Waals surface area contributed by atoms with Crippen molar-refractivity contribution in [3.05, 3.63) is 54.1 Å². The molecule has 1 heterocycles. The van der Waals surface area contributed by atoms with Gasteiger partial charge in [-0.05, 0) is 56.3 Å². The Morgan fingerprint density at radius 2 is 1.17 bits per heavy atom. The topological polar surface area (TPSA) is 18.5 Å². The second kappa shape index (κ2) is 5.81. The Morgan fingerprint density at radius 1 is 0.739 bits per heavy atom. The van der Waals surface area contributed by atoms with Gasteiger partial charge in [0.1, 0.15) is 0 Å². The Kier molecular flexibility index (Phi) is 4.11. The van der Waals surface area contributed by atoms with Crippen LogP contribution in [0, 0.1) is 0 Å². The second-order valence-corrected chi connectivity index (χ2v) is 7.26. The lowest BCUT2D eigenvalue weighted by Gasteiger charge is -2.32. The summed E-state index contributed by atoms with van der Waals surface area (Å²) in [5.41, 5.74) is 4.29. The van der Waals surface area contributed by atoms with Gasteiger partial charge in [0, 0.05) is 0 Å². The highest BCUT2D eigenvalue weighted by atomic mass is 16.7. The highest BCUT2D eigenvalue weighted by Crippen LogP contribution is 2.36. The molecule has 0 N–H and O–H groups in total. The monoisotopic (exact) mass is 308 g/mol. The van der Waals surface area contributed by atoms with Gasteiger partial charge in [0.2, 0.25) is 0 Å². The molecule has 2 aromatic rings. The molecule has 23 heavy (non-hydrogen) atoms. The highest BCUT2D eigenvalue weighted by molar-refractivity contribution is 6.62. The van der Waals surface area contributed by atoms with E-state index in [1.54, 1.807) is 0 Å². The maximum atomic E-state index is 6.10. The van der Waals surface area contributed by atoms with Crippen molar-refractivity contribution < 1.29 is 9.31 Å². The molecule has 120 valence electrons. The van der Waals surface area contributed by atoms with E-state index in [9.17, 15) is 0 Å². The van der Waals surface area contributed by atoms with Crippen LogP contribution in [0.2, 0.25) is 0 Å². The third-order valence-electron chi connectivity index (χ3n) is 5.13. The van der Waals surface area contributed by atoms with Crippen LogP contribution in [0.5, 0.6) is 0 Å². The Morgan fingerprint density at radius 3 is 1.61 bits per heavy atom. The second-order valence-electron chi connectivity index (χ2n) is 7.26. The van der Waals surface area contributed by atoms with Crippen molar-refractivity contribution in [2.75, 3.05) is 0 Å². The molecule has 2 aromatic carbocycles. The van der Waals surface area contributed by atoms with E-state index in [2.05, 4.69) is 83.1 Å². The van der Waals surface area contributed by atoms with Gasteiger partial charge in [0.25, 0.3) is 0 Å². The Balaban J connectivity index is 1.80. The van der Waals surface area contributed by atoms with E-state index >= 15 is 0 Å². The molecule has 3 rings (SSSR count). The average Bonchev–Trinajstić information content (AvgIpc) is 2.76. The first-order valence-electron chi connectivity index (χ1n) is 8.37. The molecule has 0 spiro atoms. The van der Waals surface area contributed by atoms with Crippen molar-refractivity contribution in [3.63, 3.8) is 0 Å². The van der Waals surface area contributed by atoms with Crippen LogP contribution in [-0.2, 0) is 15.7 Å². The summed E-state index contributed by atoms with van der Waals surface area (Å²) in [6, 6.07) is 17.2. The van der Waals surface area contributed by atoms with E-state index in [0.717, 1.165) is 11.9 Å². The van der Waals surface area contributed by atoms with Crippen LogP contribution in [0.25, 0.3) is 11.1 Å². The molecule has 0 aromatic heterocycles. The summed E-state index contributed by atoms with van der Waals surface area (Å²) in [5.74, 6) is 0.